The van der Waals surface area contributed by atoms with Crippen molar-refractivity contribution in [1.82, 2.24) is 0 Å². The molecule has 1 aliphatic heterocycles. The Bertz CT molecular complexity index is 1770. The summed E-state index contributed by atoms with van der Waals surface area (Å²) < 4.78 is 31.5. The summed E-state index contributed by atoms with van der Waals surface area (Å²) in [4.78, 5) is 27.3. The quantitative estimate of drug-likeness (QED) is 0.441. The van der Waals surface area contributed by atoms with Gasteiger partial charge in [0.2, 0.25) is 5.78 Å². The molecule has 0 aromatic heterocycles. The summed E-state index contributed by atoms with van der Waals surface area (Å²) in [6.07, 6.45) is 1.46. The van der Waals surface area contributed by atoms with Gasteiger partial charge in [-0.05, 0) is 36.4 Å². The second-order valence-electron chi connectivity index (χ2n) is 8.55. The van der Waals surface area contributed by atoms with E-state index in [0.29, 0.717) is 38.8 Å². The molecular weight excluding hydrogens is 474 g/mol. The average Bonchev–Trinajstić information content (AvgIpc) is 3.14. The maximum absolute atomic E-state index is 13.7. The zero-order valence-corrected chi connectivity index (χ0v) is 19.9. The Balaban J connectivity index is 1.52. The van der Waals surface area contributed by atoms with Crippen LogP contribution in [0.3, 0.4) is 0 Å². The molecule has 0 radical (unpaired) electrons. The minimum atomic E-state index is -4.21. The second-order valence-corrected chi connectivity index (χ2v) is 10.1. The fourth-order valence-corrected chi connectivity index (χ4v) is 5.88. The number of hydrogen-bond donors (Lipinski definition) is 1. The minimum absolute atomic E-state index is 0.000880. The molecule has 8 heteroatoms. The third-order valence-electron chi connectivity index (χ3n) is 6.40. The molecule has 0 bridgehead atoms. The number of fused-ring (bicyclic) bond motifs is 1. The van der Waals surface area contributed by atoms with Crippen LogP contribution >= 0.6 is 0 Å². The number of carbonyl (C=O) groups is 2. The summed E-state index contributed by atoms with van der Waals surface area (Å²) in [7, 11) is -2.55. The van der Waals surface area contributed by atoms with Crippen LogP contribution in [0.2, 0.25) is 0 Å². The number of sulfonamides is 1. The summed E-state index contributed by atoms with van der Waals surface area (Å²) in [5, 5.41) is 4.10. The van der Waals surface area contributed by atoms with E-state index in [4.69, 9.17) is 0 Å². The number of rotatable bonds is 4. The van der Waals surface area contributed by atoms with Gasteiger partial charge in [-0.25, -0.2) is 0 Å². The van der Waals surface area contributed by atoms with E-state index in [2.05, 4.69) is 9.71 Å². The van der Waals surface area contributed by atoms with Gasteiger partial charge in [0.05, 0.1) is 22.0 Å². The molecular formula is C28H19N3O4S. The third-order valence-corrected chi connectivity index (χ3v) is 7.75. The fraction of sp³-hybridized carbons (Fsp3) is 0.0357. The van der Waals surface area contributed by atoms with Crippen molar-refractivity contribution < 1.29 is 18.0 Å². The van der Waals surface area contributed by atoms with Crippen molar-refractivity contribution >= 4 is 49.6 Å². The molecule has 1 N–H and O–H groups in total. The Hall–Kier alpha value is -4.56. The van der Waals surface area contributed by atoms with Crippen molar-refractivity contribution in [2.75, 3.05) is 17.3 Å². The standard InChI is InChI=1S/C28H19N3O4S/c1-31-24-14-15-25(20-12-7-13-21(26(20)24)28(31)33)36(34,35)30-22-16-23(29-17-8-3-2-4-9-17)27(32)19-11-6-5-10-18(19)22/h2-16,29H,1H3. The molecule has 36 heavy (non-hydrogen) atoms. The lowest BCUT2D eigenvalue weighted by atomic mass is 9.92. The molecule has 1 amide bonds. The Morgan fingerprint density at radius 2 is 1.47 bits per heavy atom. The SMILES string of the molecule is CN1C(=O)c2cccc3c(S(=O)(=O)N=C4C=C(Nc5ccccc5)C(=O)c5ccccc54)ccc1c23. The molecule has 0 spiro atoms. The monoisotopic (exact) mass is 493 g/mol. The predicted molar refractivity (Wildman–Crippen MR) is 139 cm³/mol. The first-order chi connectivity index (χ1) is 17.3. The molecule has 0 saturated carbocycles. The Labute approximate surface area is 207 Å². The first-order valence-corrected chi connectivity index (χ1v) is 12.7. The molecule has 4 aromatic carbocycles. The van der Waals surface area contributed by atoms with Crippen molar-refractivity contribution in [1.29, 1.82) is 0 Å². The molecule has 1 heterocycles. The molecule has 1 aliphatic carbocycles. The summed E-state index contributed by atoms with van der Waals surface area (Å²) in [6.45, 7) is 0. The van der Waals surface area contributed by atoms with E-state index in [1.54, 1.807) is 55.6 Å². The van der Waals surface area contributed by atoms with Crippen LogP contribution in [0.15, 0.2) is 106 Å². The smallest absolute Gasteiger partial charge is 0.283 e. The normalized spacial score (nSPS) is 15.9. The van der Waals surface area contributed by atoms with E-state index >= 15 is 0 Å². The molecule has 0 fully saturated rings. The van der Waals surface area contributed by atoms with Gasteiger partial charge in [0.15, 0.2) is 0 Å². The first-order valence-electron chi connectivity index (χ1n) is 11.2. The molecule has 0 saturated heterocycles. The Kier molecular flexibility index (Phi) is 4.87. The highest BCUT2D eigenvalue weighted by Crippen LogP contribution is 2.40. The van der Waals surface area contributed by atoms with Crippen molar-refractivity contribution in [3.05, 3.63) is 113 Å². The largest absolute Gasteiger partial charge is 0.352 e. The maximum atomic E-state index is 13.7. The van der Waals surface area contributed by atoms with E-state index in [9.17, 15) is 18.0 Å². The van der Waals surface area contributed by atoms with Gasteiger partial charge in [0, 0.05) is 40.2 Å². The van der Waals surface area contributed by atoms with Crippen LogP contribution in [-0.2, 0) is 10.0 Å². The van der Waals surface area contributed by atoms with Gasteiger partial charge >= 0.3 is 0 Å². The first kappa shape index (κ1) is 21.9. The molecule has 7 nitrogen and oxygen atoms in total. The van der Waals surface area contributed by atoms with Crippen LogP contribution in [0.4, 0.5) is 11.4 Å². The van der Waals surface area contributed by atoms with E-state index in [0.717, 1.165) is 0 Å². The average molecular weight is 494 g/mol. The highest BCUT2D eigenvalue weighted by molar-refractivity contribution is 7.90. The molecule has 2 aliphatic rings. The summed E-state index contributed by atoms with van der Waals surface area (Å²) in [6, 6.07) is 24.1. The van der Waals surface area contributed by atoms with Crippen LogP contribution in [0.1, 0.15) is 26.3 Å². The number of allylic oxidation sites excluding steroid dienone is 2. The number of hydrogen-bond acceptors (Lipinski definition) is 5. The number of Topliss-reactive ketones (excluding diaryl/α,β-unsaturated/α-hetero) is 1. The van der Waals surface area contributed by atoms with Gasteiger partial charge in [-0.1, -0.05) is 54.6 Å². The number of amides is 1. The van der Waals surface area contributed by atoms with Gasteiger partial charge in [-0.2, -0.15) is 12.8 Å². The molecule has 0 unspecified atom stereocenters. The number of nitrogens with one attached hydrogen (secondary N) is 1. The van der Waals surface area contributed by atoms with Gasteiger partial charge in [-0.15, -0.1) is 0 Å². The number of nitrogens with zero attached hydrogens (tertiary/aromatic N) is 2. The van der Waals surface area contributed by atoms with Crippen LogP contribution in [0.25, 0.3) is 10.8 Å². The predicted octanol–water partition coefficient (Wildman–Crippen LogP) is 4.80. The third kappa shape index (κ3) is 3.34. The number of benzene rings is 4. The molecule has 4 aromatic rings. The summed E-state index contributed by atoms with van der Waals surface area (Å²) in [5.41, 5.74) is 2.98. The lowest BCUT2D eigenvalue weighted by Crippen LogP contribution is -2.22. The van der Waals surface area contributed by atoms with E-state index in [1.165, 1.54) is 17.0 Å². The Morgan fingerprint density at radius 1 is 0.778 bits per heavy atom. The minimum Gasteiger partial charge on any atom is -0.352 e. The van der Waals surface area contributed by atoms with Crippen LogP contribution in [0, 0.1) is 0 Å². The van der Waals surface area contributed by atoms with Gasteiger partial charge < -0.3 is 10.2 Å². The zero-order chi connectivity index (χ0) is 25.0. The van der Waals surface area contributed by atoms with Crippen molar-refractivity contribution in [2.24, 2.45) is 4.40 Å². The maximum Gasteiger partial charge on any atom is 0.283 e. The van der Waals surface area contributed by atoms with E-state index < -0.39 is 10.0 Å². The van der Waals surface area contributed by atoms with Crippen molar-refractivity contribution in [2.45, 2.75) is 4.90 Å². The zero-order valence-electron chi connectivity index (χ0n) is 19.1. The highest BCUT2D eigenvalue weighted by Gasteiger charge is 2.31. The van der Waals surface area contributed by atoms with E-state index in [1.807, 2.05) is 30.3 Å². The highest BCUT2D eigenvalue weighted by atomic mass is 32.2. The van der Waals surface area contributed by atoms with Crippen molar-refractivity contribution in [3.8, 4) is 0 Å². The van der Waals surface area contributed by atoms with Gasteiger partial charge in [0.1, 0.15) is 0 Å². The topological polar surface area (TPSA) is 95.9 Å². The van der Waals surface area contributed by atoms with Crippen LogP contribution in [-0.4, -0.2) is 32.9 Å². The van der Waals surface area contributed by atoms with Crippen molar-refractivity contribution in [3.63, 3.8) is 0 Å². The van der Waals surface area contributed by atoms with Gasteiger partial charge in [-0.3, -0.25) is 9.59 Å². The molecule has 0 atom stereocenters. The van der Waals surface area contributed by atoms with E-state index in [-0.39, 0.29) is 28.0 Å². The molecule has 176 valence electrons. The van der Waals surface area contributed by atoms with Crippen LogP contribution in [0.5, 0.6) is 0 Å². The van der Waals surface area contributed by atoms with Crippen LogP contribution < -0.4 is 10.2 Å². The number of para-hydroxylation sites is 1. The van der Waals surface area contributed by atoms with Gasteiger partial charge in [0.25, 0.3) is 15.9 Å². The molecule has 6 rings (SSSR count). The lowest BCUT2D eigenvalue weighted by Gasteiger charge is -2.19. The summed E-state index contributed by atoms with van der Waals surface area (Å²) >= 11 is 0. The second kappa shape index (κ2) is 8.00. The fourth-order valence-electron chi connectivity index (χ4n) is 4.69. The number of ketones is 1. The number of carbonyl (C=O) groups excluding carboxylic acids is 2. The summed E-state index contributed by atoms with van der Waals surface area (Å²) in [5.74, 6) is -0.437. The number of anilines is 2. The lowest BCUT2D eigenvalue weighted by molar-refractivity contribution is 0.0997. The Morgan fingerprint density at radius 3 is 2.25 bits per heavy atom.